The number of anilines is 1. The van der Waals surface area contributed by atoms with Crippen molar-refractivity contribution in [1.82, 2.24) is 0 Å². The molecular weight excluding hydrogens is 255 g/mol. The van der Waals surface area contributed by atoms with Crippen LogP contribution in [0.4, 0.5) is 10.1 Å². The molecule has 1 aliphatic rings. The summed E-state index contributed by atoms with van der Waals surface area (Å²) in [5.74, 6) is -0.201. The Bertz CT molecular complexity index is 579. The summed E-state index contributed by atoms with van der Waals surface area (Å²) in [4.78, 5) is 0. The predicted octanol–water partition coefficient (Wildman–Crippen LogP) is 1.69. The van der Waals surface area contributed by atoms with Crippen molar-refractivity contribution in [3.8, 4) is 6.07 Å². The van der Waals surface area contributed by atoms with E-state index in [9.17, 15) is 12.8 Å². The second-order valence-corrected chi connectivity index (χ2v) is 6.68. The Balaban J connectivity index is 2.05. The van der Waals surface area contributed by atoms with Crippen molar-refractivity contribution in [3.05, 3.63) is 29.6 Å². The van der Waals surface area contributed by atoms with E-state index in [1.165, 1.54) is 18.2 Å². The molecule has 0 amide bonds. The molecule has 6 heteroatoms. The van der Waals surface area contributed by atoms with Crippen LogP contribution in [0.5, 0.6) is 0 Å². The van der Waals surface area contributed by atoms with Crippen LogP contribution in [0.3, 0.4) is 0 Å². The van der Waals surface area contributed by atoms with Crippen LogP contribution < -0.4 is 5.32 Å². The lowest BCUT2D eigenvalue weighted by Gasteiger charge is -2.24. The third kappa shape index (κ3) is 2.99. The fraction of sp³-hybridized carbons (Fsp3) is 0.417. The third-order valence-electron chi connectivity index (χ3n) is 3.01. The molecule has 4 nitrogen and oxygen atoms in total. The molecule has 1 aliphatic heterocycles. The normalized spacial score (nSPS) is 19.1. The molecule has 0 spiro atoms. The second-order valence-electron chi connectivity index (χ2n) is 4.38. The molecule has 96 valence electrons. The molecule has 0 aliphatic carbocycles. The standard InChI is InChI=1S/C12H13FN2O2S/c13-11-7-9(8-14)1-2-12(11)15-10-3-5-18(16,17)6-4-10/h1-2,7,10,15H,3-6H2. The molecule has 1 aromatic carbocycles. The highest BCUT2D eigenvalue weighted by atomic mass is 32.2. The lowest BCUT2D eigenvalue weighted by Crippen LogP contribution is -2.32. The van der Waals surface area contributed by atoms with E-state index < -0.39 is 15.7 Å². The molecular formula is C12H13FN2O2S. The van der Waals surface area contributed by atoms with E-state index in [0.29, 0.717) is 18.5 Å². The number of rotatable bonds is 2. The average molecular weight is 268 g/mol. The summed E-state index contributed by atoms with van der Waals surface area (Å²) in [5, 5.41) is 11.6. The van der Waals surface area contributed by atoms with E-state index in [4.69, 9.17) is 5.26 Å². The van der Waals surface area contributed by atoms with Gasteiger partial charge in [-0.15, -0.1) is 0 Å². The maximum absolute atomic E-state index is 13.6. The van der Waals surface area contributed by atoms with Gasteiger partial charge in [0, 0.05) is 6.04 Å². The van der Waals surface area contributed by atoms with Gasteiger partial charge in [0.2, 0.25) is 0 Å². The van der Waals surface area contributed by atoms with E-state index in [-0.39, 0.29) is 23.1 Å². The van der Waals surface area contributed by atoms with Crippen LogP contribution in [0.2, 0.25) is 0 Å². The van der Waals surface area contributed by atoms with Crippen molar-refractivity contribution in [3.63, 3.8) is 0 Å². The molecule has 1 fully saturated rings. The van der Waals surface area contributed by atoms with Crippen LogP contribution in [0.15, 0.2) is 18.2 Å². The Morgan fingerprint density at radius 1 is 1.33 bits per heavy atom. The van der Waals surface area contributed by atoms with Gasteiger partial charge in [-0.2, -0.15) is 5.26 Å². The molecule has 1 aromatic rings. The number of hydrogen-bond donors (Lipinski definition) is 1. The molecule has 1 N–H and O–H groups in total. The lowest BCUT2D eigenvalue weighted by atomic mass is 10.1. The van der Waals surface area contributed by atoms with Crippen molar-refractivity contribution in [2.24, 2.45) is 0 Å². The first kappa shape index (κ1) is 12.8. The fourth-order valence-electron chi connectivity index (χ4n) is 1.96. The third-order valence-corrected chi connectivity index (χ3v) is 4.73. The summed E-state index contributed by atoms with van der Waals surface area (Å²) >= 11 is 0. The Labute approximate surface area is 105 Å². The first-order chi connectivity index (χ1) is 8.50. The van der Waals surface area contributed by atoms with Crippen molar-refractivity contribution in [2.45, 2.75) is 18.9 Å². The average Bonchev–Trinajstić information content (AvgIpc) is 2.34. The highest BCUT2D eigenvalue weighted by Gasteiger charge is 2.23. The number of benzene rings is 1. The second kappa shape index (κ2) is 4.94. The molecule has 2 rings (SSSR count). The number of nitrogens with one attached hydrogen (secondary N) is 1. The first-order valence-electron chi connectivity index (χ1n) is 5.67. The van der Waals surface area contributed by atoms with Crippen LogP contribution >= 0.6 is 0 Å². The summed E-state index contributed by atoms with van der Waals surface area (Å²) < 4.78 is 36.1. The highest BCUT2D eigenvalue weighted by molar-refractivity contribution is 7.91. The minimum Gasteiger partial charge on any atom is -0.380 e. The molecule has 0 unspecified atom stereocenters. The summed E-state index contributed by atoms with van der Waals surface area (Å²) in [5.41, 5.74) is 0.586. The Morgan fingerprint density at radius 3 is 2.56 bits per heavy atom. The van der Waals surface area contributed by atoms with Gasteiger partial charge >= 0.3 is 0 Å². The van der Waals surface area contributed by atoms with E-state index in [1.54, 1.807) is 0 Å². The van der Waals surface area contributed by atoms with E-state index in [0.717, 1.165) is 0 Å². The van der Waals surface area contributed by atoms with Gasteiger partial charge in [-0.3, -0.25) is 0 Å². The number of sulfone groups is 1. The topological polar surface area (TPSA) is 70.0 Å². The quantitative estimate of drug-likeness (QED) is 0.886. The Hall–Kier alpha value is -1.61. The molecule has 1 saturated heterocycles. The van der Waals surface area contributed by atoms with Crippen LogP contribution in [0.1, 0.15) is 18.4 Å². The SMILES string of the molecule is N#Cc1ccc(NC2CCS(=O)(=O)CC2)c(F)c1. The molecule has 0 radical (unpaired) electrons. The highest BCUT2D eigenvalue weighted by Crippen LogP contribution is 2.21. The van der Waals surface area contributed by atoms with Crippen molar-refractivity contribution in [1.29, 1.82) is 5.26 Å². The summed E-state index contributed by atoms with van der Waals surface area (Å²) in [6, 6.07) is 6.04. The molecule has 0 aromatic heterocycles. The van der Waals surface area contributed by atoms with Gasteiger partial charge < -0.3 is 5.32 Å². The van der Waals surface area contributed by atoms with Gasteiger partial charge in [-0.05, 0) is 31.0 Å². The fourth-order valence-corrected chi connectivity index (χ4v) is 3.45. The Morgan fingerprint density at radius 2 is 2.00 bits per heavy atom. The first-order valence-corrected chi connectivity index (χ1v) is 7.49. The molecule has 0 bridgehead atoms. The van der Waals surface area contributed by atoms with Crippen LogP contribution in [-0.2, 0) is 9.84 Å². The number of halogens is 1. The van der Waals surface area contributed by atoms with E-state index in [1.807, 2.05) is 6.07 Å². The monoisotopic (exact) mass is 268 g/mol. The maximum Gasteiger partial charge on any atom is 0.150 e. The molecule has 0 saturated carbocycles. The van der Waals surface area contributed by atoms with Crippen molar-refractivity contribution < 1.29 is 12.8 Å². The van der Waals surface area contributed by atoms with Gasteiger partial charge in [0.25, 0.3) is 0 Å². The summed E-state index contributed by atoms with van der Waals surface area (Å²) in [7, 11) is -2.91. The van der Waals surface area contributed by atoms with Gasteiger partial charge in [0.15, 0.2) is 0 Å². The van der Waals surface area contributed by atoms with Gasteiger partial charge in [0.1, 0.15) is 15.7 Å². The zero-order valence-corrected chi connectivity index (χ0v) is 10.5. The van der Waals surface area contributed by atoms with E-state index in [2.05, 4.69) is 5.32 Å². The zero-order valence-electron chi connectivity index (χ0n) is 9.69. The Kier molecular flexibility index (Phi) is 3.53. The number of hydrogen-bond acceptors (Lipinski definition) is 4. The maximum atomic E-state index is 13.6. The largest absolute Gasteiger partial charge is 0.380 e. The number of nitriles is 1. The van der Waals surface area contributed by atoms with Gasteiger partial charge in [0.05, 0.1) is 28.8 Å². The van der Waals surface area contributed by atoms with Crippen LogP contribution in [0.25, 0.3) is 0 Å². The van der Waals surface area contributed by atoms with E-state index >= 15 is 0 Å². The van der Waals surface area contributed by atoms with Crippen molar-refractivity contribution >= 4 is 15.5 Å². The molecule has 18 heavy (non-hydrogen) atoms. The smallest absolute Gasteiger partial charge is 0.150 e. The van der Waals surface area contributed by atoms with Crippen LogP contribution in [-0.4, -0.2) is 26.0 Å². The van der Waals surface area contributed by atoms with Gasteiger partial charge in [-0.1, -0.05) is 0 Å². The molecule has 0 atom stereocenters. The van der Waals surface area contributed by atoms with Crippen molar-refractivity contribution in [2.75, 3.05) is 16.8 Å². The predicted molar refractivity (Wildman–Crippen MR) is 66.4 cm³/mol. The minimum absolute atomic E-state index is 0.0315. The van der Waals surface area contributed by atoms with Crippen LogP contribution in [0, 0.1) is 17.1 Å². The summed E-state index contributed by atoms with van der Waals surface area (Å²) in [6.07, 6.45) is 0.976. The lowest BCUT2D eigenvalue weighted by molar-refractivity contribution is 0.557. The molecule has 1 heterocycles. The van der Waals surface area contributed by atoms with Gasteiger partial charge in [-0.25, -0.2) is 12.8 Å². The summed E-state index contributed by atoms with van der Waals surface area (Å²) in [6.45, 7) is 0. The number of nitrogens with zero attached hydrogens (tertiary/aromatic N) is 1. The zero-order chi connectivity index (χ0) is 13.2. The minimum atomic E-state index is -2.91.